The van der Waals surface area contributed by atoms with Gasteiger partial charge in [-0.15, -0.1) is 0 Å². The van der Waals surface area contributed by atoms with Crippen molar-refractivity contribution in [3.63, 3.8) is 0 Å². The van der Waals surface area contributed by atoms with Gasteiger partial charge in [-0.2, -0.15) is 0 Å². The quantitative estimate of drug-likeness (QED) is 0.681. The third-order valence-electron chi connectivity index (χ3n) is 2.30. The molecule has 0 amide bonds. The first-order valence-electron chi connectivity index (χ1n) is 5.23. The van der Waals surface area contributed by atoms with Crippen LogP contribution in [0.5, 0.6) is 0 Å². The van der Waals surface area contributed by atoms with Gasteiger partial charge >= 0.3 is 5.97 Å². The third kappa shape index (κ3) is 4.00. The van der Waals surface area contributed by atoms with Crippen molar-refractivity contribution in [2.75, 3.05) is 0 Å². The summed E-state index contributed by atoms with van der Waals surface area (Å²) in [6, 6.07) is 6.61. The Morgan fingerprint density at radius 3 is 2.44 bits per heavy atom. The van der Waals surface area contributed by atoms with Crippen LogP contribution in [-0.2, 0) is 17.6 Å². The molecular weight excluding hydrogens is 206 g/mol. The number of rotatable bonds is 5. The van der Waals surface area contributed by atoms with Gasteiger partial charge in [0.25, 0.3) is 0 Å². The molecule has 2 atom stereocenters. The fourth-order valence-corrected chi connectivity index (χ4v) is 1.57. The smallest absolute Gasteiger partial charge is 0.320 e. The topological polar surface area (TPSA) is 83.5 Å². The maximum absolute atomic E-state index is 10.6. The average molecular weight is 223 g/mol. The summed E-state index contributed by atoms with van der Waals surface area (Å²) >= 11 is 0. The van der Waals surface area contributed by atoms with Gasteiger partial charge in [0.15, 0.2) is 0 Å². The lowest BCUT2D eigenvalue weighted by Crippen LogP contribution is -2.32. The van der Waals surface area contributed by atoms with Crippen LogP contribution in [0.3, 0.4) is 0 Å². The molecule has 4 N–H and O–H groups in total. The molecule has 2 unspecified atom stereocenters. The summed E-state index contributed by atoms with van der Waals surface area (Å²) in [6.45, 7) is 1.72. The summed E-state index contributed by atoms with van der Waals surface area (Å²) in [5.74, 6) is -0.999. The summed E-state index contributed by atoms with van der Waals surface area (Å²) in [7, 11) is 0. The highest BCUT2D eigenvalue weighted by Gasteiger charge is 2.12. The zero-order valence-corrected chi connectivity index (χ0v) is 9.26. The molecule has 4 nitrogen and oxygen atoms in total. The Kier molecular flexibility index (Phi) is 4.46. The minimum Gasteiger partial charge on any atom is -0.480 e. The lowest BCUT2D eigenvalue weighted by Gasteiger charge is -2.09. The molecule has 0 heterocycles. The number of benzene rings is 1. The van der Waals surface area contributed by atoms with Gasteiger partial charge < -0.3 is 15.9 Å². The molecule has 1 aromatic rings. The summed E-state index contributed by atoms with van der Waals surface area (Å²) < 4.78 is 0. The van der Waals surface area contributed by atoms with Gasteiger partial charge in [0.2, 0.25) is 0 Å². The number of carboxylic acid groups (broad SMARTS) is 1. The van der Waals surface area contributed by atoms with Gasteiger partial charge in [-0.3, -0.25) is 4.79 Å². The highest BCUT2D eigenvalue weighted by molar-refractivity contribution is 5.73. The Hall–Kier alpha value is -1.39. The molecule has 0 fully saturated rings. The zero-order chi connectivity index (χ0) is 12.1. The van der Waals surface area contributed by atoms with Crippen LogP contribution in [0, 0.1) is 0 Å². The molecule has 0 spiro atoms. The maximum Gasteiger partial charge on any atom is 0.320 e. The fraction of sp³-hybridized carbons (Fsp3) is 0.417. The highest BCUT2D eigenvalue weighted by atomic mass is 16.4. The Morgan fingerprint density at radius 2 is 1.94 bits per heavy atom. The number of carboxylic acids is 1. The van der Waals surface area contributed by atoms with Gasteiger partial charge in [-0.1, -0.05) is 24.3 Å². The number of aliphatic hydroxyl groups excluding tert-OH is 1. The monoisotopic (exact) mass is 223 g/mol. The van der Waals surface area contributed by atoms with Crippen molar-refractivity contribution in [2.24, 2.45) is 5.73 Å². The standard InChI is InChI=1S/C12H17NO3/c1-8(14)5-9-3-2-4-10(6-9)7-11(13)12(15)16/h2-4,6,8,11,14H,5,7,13H2,1H3,(H,15,16). The normalized spacial score (nSPS) is 14.4. The van der Waals surface area contributed by atoms with E-state index in [0.717, 1.165) is 11.1 Å². The molecule has 4 heteroatoms. The number of aliphatic carboxylic acids is 1. The van der Waals surface area contributed by atoms with Crippen molar-refractivity contribution in [2.45, 2.75) is 31.9 Å². The molecule has 0 aliphatic carbocycles. The second-order valence-electron chi connectivity index (χ2n) is 4.02. The summed E-state index contributed by atoms with van der Waals surface area (Å²) in [5.41, 5.74) is 7.32. The lowest BCUT2D eigenvalue weighted by molar-refractivity contribution is -0.138. The molecule has 0 bridgehead atoms. The number of aliphatic hydroxyl groups is 1. The molecule has 0 aliphatic rings. The summed E-state index contributed by atoms with van der Waals surface area (Å²) in [4.78, 5) is 10.6. The molecule has 0 saturated heterocycles. The molecule has 0 radical (unpaired) electrons. The van der Waals surface area contributed by atoms with Crippen LogP contribution in [0.25, 0.3) is 0 Å². The highest BCUT2D eigenvalue weighted by Crippen LogP contribution is 2.09. The largest absolute Gasteiger partial charge is 0.480 e. The molecular formula is C12H17NO3. The van der Waals surface area contributed by atoms with Crippen LogP contribution >= 0.6 is 0 Å². The number of hydrogen-bond acceptors (Lipinski definition) is 3. The van der Waals surface area contributed by atoms with Gasteiger partial charge in [0.05, 0.1) is 6.10 Å². The predicted molar refractivity (Wildman–Crippen MR) is 61.1 cm³/mol. The first kappa shape index (κ1) is 12.7. The van der Waals surface area contributed by atoms with Crippen LogP contribution in [0.15, 0.2) is 24.3 Å². The molecule has 0 aromatic heterocycles. The van der Waals surface area contributed by atoms with E-state index < -0.39 is 18.1 Å². The average Bonchev–Trinajstić information content (AvgIpc) is 2.16. The van der Waals surface area contributed by atoms with Crippen molar-refractivity contribution in [3.8, 4) is 0 Å². The molecule has 16 heavy (non-hydrogen) atoms. The SMILES string of the molecule is CC(O)Cc1cccc(CC(N)C(=O)O)c1. The zero-order valence-electron chi connectivity index (χ0n) is 9.26. The molecule has 0 saturated carbocycles. The van der Waals surface area contributed by atoms with Crippen molar-refractivity contribution in [1.29, 1.82) is 0 Å². The van der Waals surface area contributed by atoms with Gasteiger partial charge in [0.1, 0.15) is 6.04 Å². The van der Waals surface area contributed by atoms with E-state index in [1.54, 1.807) is 6.92 Å². The lowest BCUT2D eigenvalue weighted by atomic mass is 10.0. The van der Waals surface area contributed by atoms with Gasteiger partial charge in [-0.05, 0) is 30.9 Å². The van der Waals surface area contributed by atoms with E-state index >= 15 is 0 Å². The van der Waals surface area contributed by atoms with Crippen molar-refractivity contribution in [1.82, 2.24) is 0 Å². The molecule has 0 aliphatic heterocycles. The van der Waals surface area contributed by atoms with Crippen molar-refractivity contribution >= 4 is 5.97 Å². The predicted octanol–water partition coefficient (Wildman–Crippen LogP) is 0.564. The number of nitrogens with two attached hydrogens (primary N) is 1. The van der Waals surface area contributed by atoms with Gasteiger partial charge in [-0.25, -0.2) is 0 Å². The Balaban J connectivity index is 2.70. The fourth-order valence-electron chi connectivity index (χ4n) is 1.57. The maximum atomic E-state index is 10.6. The Labute approximate surface area is 94.7 Å². The molecule has 1 rings (SSSR count). The van der Waals surface area contributed by atoms with Crippen LogP contribution in [-0.4, -0.2) is 28.3 Å². The summed E-state index contributed by atoms with van der Waals surface area (Å²) in [5, 5.41) is 17.9. The molecule has 1 aromatic carbocycles. The third-order valence-corrected chi connectivity index (χ3v) is 2.30. The van der Waals surface area contributed by atoms with Crippen LogP contribution in [0.2, 0.25) is 0 Å². The first-order valence-corrected chi connectivity index (χ1v) is 5.23. The van der Waals surface area contributed by atoms with Crippen LogP contribution in [0.1, 0.15) is 18.1 Å². The Morgan fingerprint density at radius 1 is 1.38 bits per heavy atom. The minimum atomic E-state index is -0.999. The second-order valence-corrected chi connectivity index (χ2v) is 4.02. The van der Waals surface area contributed by atoms with E-state index in [0.29, 0.717) is 12.8 Å². The Bertz CT molecular complexity index is 363. The first-order chi connectivity index (χ1) is 7.49. The molecule has 88 valence electrons. The van der Waals surface area contributed by atoms with E-state index in [2.05, 4.69) is 0 Å². The van der Waals surface area contributed by atoms with Crippen molar-refractivity contribution in [3.05, 3.63) is 35.4 Å². The van der Waals surface area contributed by atoms with E-state index in [1.807, 2.05) is 24.3 Å². The number of carbonyl (C=O) groups is 1. The van der Waals surface area contributed by atoms with E-state index in [-0.39, 0.29) is 0 Å². The van der Waals surface area contributed by atoms with Gasteiger partial charge in [0, 0.05) is 0 Å². The minimum absolute atomic E-state index is 0.309. The van der Waals surface area contributed by atoms with Crippen molar-refractivity contribution < 1.29 is 15.0 Å². The summed E-state index contributed by atoms with van der Waals surface area (Å²) in [6.07, 6.45) is 0.475. The number of hydrogen-bond donors (Lipinski definition) is 3. The van der Waals surface area contributed by atoms with Crippen LogP contribution in [0.4, 0.5) is 0 Å². The van der Waals surface area contributed by atoms with E-state index in [9.17, 15) is 9.90 Å². The second kappa shape index (κ2) is 5.63. The van der Waals surface area contributed by atoms with Crippen LogP contribution < -0.4 is 5.73 Å². The van der Waals surface area contributed by atoms with E-state index in [4.69, 9.17) is 10.8 Å². The van der Waals surface area contributed by atoms with E-state index in [1.165, 1.54) is 0 Å².